The van der Waals surface area contributed by atoms with Crippen LogP contribution in [0.15, 0.2) is 128 Å². The van der Waals surface area contributed by atoms with Crippen molar-refractivity contribution in [1.29, 1.82) is 0 Å². The summed E-state index contributed by atoms with van der Waals surface area (Å²) in [5, 5.41) is 0. The third-order valence-corrected chi connectivity index (χ3v) is 9.26. The van der Waals surface area contributed by atoms with Crippen LogP contribution in [0.5, 0.6) is 0 Å². The van der Waals surface area contributed by atoms with Crippen LogP contribution in [0.25, 0.3) is 0 Å². The Hall–Kier alpha value is -4.72. The van der Waals surface area contributed by atoms with Gasteiger partial charge in [-0.3, -0.25) is 9.80 Å². The third-order valence-electron chi connectivity index (χ3n) is 9.26. The van der Waals surface area contributed by atoms with Gasteiger partial charge in [-0.05, 0) is 22.3 Å². The fourth-order valence-electron chi connectivity index (χ4n) is 7.03. The van der Waals surface area contributed by atoms with Gasteiger partial charge in [-0.25, -0.2) is 9.97 Å². The maximum Gasteiger partial charge on any atom is 0.157 e. The van der Waals surface area contributed by atoms with E-state index >= 15 is 0 Å². The van der Waals surface area contributed by atoms with Gasteiger partial charge < -0.3 is 15.5 Å². The smallest absolute Gasteiger partial charge is 0.157 e. The SMILES string of the molecule is Nc1c(N2CCN(C(c3ccccc3)c3ccccc3)CC2)ncnc1N1CCN(C(c2ccccc2)c2ccccc2)CC1. The molecule has 7 rings (SSSR count). The van der Waals surface area contributed by atoms with E-state index in [0.29, 0.717) is 5.69 Å². The van der Waals surface area contributed by atoms with Gasteiger partial charge in [0.2, 0.25) is 0 Å². The molecule has 5 aromatic rings. The summed E-state index contributed by atoms with van der Waals surface area (Å²) in [4.78, 5) is 19.2. The summed E-state index contributed by atoms with van der Waals surface area (Å²) in [5.74, 6) is 1.70. The van der Waals surface area contributed by atoms with E-state index in [4.69, 9.17) is 15.7 Å². The molecule has 2 fully saturated rings. The van der Waals surface area contributed by atoms with Crippen LogP contribution in [0.2, 0.25) is 0 Å². The number of benzene rings is 4. The first-order chi connectivity index (χ1) is 22.3. The highest BCUT2D eigenvalue weighted by Gasteiger charge is 2.31. The van der Waals surface area contributed by atoms with E-state index in [-0.39, 0.29) is 12.1 Å². The topological polar surface area (TPSA) is 64.8 Å². The molecule has 0 spiro atoms. The van der Waals surface area contributed by atoms with E-state index in [2.05, 4.69) is 141 Å². The molecule has 0 atom stereocenters. The van der Waals surface area contributed by atoms with Crippen LogP contribution in [0.3, 0.4) is 0 Å². The van der Waals surface area contributed by atoms with Crippen molar-refractivity contribution >= 4 is 17.3 Å². The van der Waals surface area contributed by atoms with Gasteiger partial charge in [-0.2, -0.15) is 0 Å². The average molecular weight is 596 g/mol. The molecule has 2 N–H and O–H groups in total. The Labute approximate surface area is 266 Å². The molecule has 2 aliphatic rings. The fourth-order valence-corrected chi connectivity index (χ4v) is 7.03. The van der Waals surface area contributed by atoms with Crippen LogP contribution in [0.1, 0.15) is 34.3 Å². The number of hydrogen-bond donors (Lipinski definition) is 1. The second-order valence-electron chi connectivity index (χ2n) is 11.9. The van der Waals surface area contributed by atoms with Crippen LogP contribution >= 0.6 is 0 Å². The predicted molar refractivity (Wildman–Crippen MR) is 183 cm³/mol. The highest BCUT2D eigenvalue weighted by atomic mass is 15.3. The number of piperazine rings is 2. The van der Waals surface area contributed by atoms with Gasteiger partial charge in [0.15, 0.2) is 11.6 Å². The van der Waals surface area contributed by atoms with Gasteiger partial charge in [0, 0.05) is 52.4 Å². The van der Waals surface area contributed by atoms with Crippen molar-refractivity contribution in [3.63, 3.8) is 0 Å². The molecule has 0 bridgehead atoms. The van der Waals surface area contributed by atoms with Crippen molar-refractivity contribution in [2.24, 2.45) is 0 Å². The summed E-state index contributed by atoms with van der Waals surface area (Å²) in [6.45, 7) is 7.14. The molecule has 7 nitrogen and oxygen atoms in total. The molecule has 0 unspecified atom stereocenters. The Kier molecular flexibility index (Phi) is 8.71. The number of aromatic nitrogens is 2. The lowest BCUT2D eigenvalue weighted by molar-refractivity contribution is 0.211. The molecule has 0 radical (unpaired) electrons. The molecule has 3 heterocycles. The summed E-state index contributed by atoms with van der Waals surface area (Å²) in [6, 6.07) is 43.7. The molecular formula is C38H41N7. The molecule has 2 aliphatic heterocycles. The van der Waals surface area contributed by atoms with Crippen LogP contribution in [-0.4, -0.2) is 72.1 Å². The van der Waals surface area contributed by atoms with Gasteiger partial charge in [0.1, 0.15) is 12.0 Å². The summed E-state index contributed by atoms with van der Waals surface area (Å²) in [7, 11) is 0. The maximum absolute atomic E-state index is 6.86. The van der Waals surface area contributed by atoms with Crippen molar-refractivity contribution in [3.05, 3.63) is 150 Å². The Morgan fingerprint density at radius 2 is 0.711 bits per heavy atom. The monoisotopic (exact) mass is 595 g/mol. The quantitative estimate of drug-likeness (QED) is 0.240. The summed E-state index contributed by atoms with van der Waals surface area (Å²) < 4.78 is 0. The van der Waals surface area contributed by atoms with E-state index in [1.807, 2.05) is 0 Å². The second-order valence-corrected chi connectivity index (χ2v) is 11.9. The summed E-state index contributed by atoms with van der Waals surface area (Å²) in [6.07, 6.45) is 1.69. The lowest BCUT2D eigenvalue weighted by Crippen LogP contribution is -2.49. The van der Waals surface area contributed by atoms with Gasteiger partial charge in [-0.1, -0.05) is 121 Å². The van der Waals surface area contributed by atoms with Crippen LogP contribution in [0, 0.1) is 0 Å². The molecule has 1 aromatic heterocycles. The van der Waals surface area contributed by atoms with Crippen LogP contribution in [0.4, 0.5) is 17.3 Å². The molecular weight excluding hydrogens is 554 g/mol. The second kappa shape index (κ2) is 13.5. The zero-order valence-electron chi connectivity index (χ0n) is 25.7. The molecule has 0 saturated carbocycles. The standard InChI is InChI=1S/C38H41N7/c39-34-37(44-25-21-42(22-26-44)35(30-13-5-1-6-14-30)31-15-7-2-8-16-31)40-29-41-38(34)45-27-23-43(24-28-45)36(32-17-9-3-10-18-32)33-19-11-4-12-20-33/h1-20,29,35-36H,21-28,39H2. The molecule has 0 aliphatic carbocycles. The number of nitrogens with zero attached hydrogens (tertiary/aromatic N) is 6. The predicted octanol–water partition coefficient (Wildman–Crippen LogP) is 5.88. The first-order valence-corrected chi connectivity index (χ1v) is 16.0. The van der Waals surface area contributed by atoms with Crippen molar-refractivity contribution < 1.29 is 0 Å². The molecule has 0 amide bonds. The Bertz CT molecular complexity index is 1430. The van der Waals surface area contributed by atoms with Gasteiger partial charge in [0.25, 0.3) is 0 Å². The van der Waals surface area contributed by atoms with Crippen molar-refractivity contribution in [2.45, 2.75) is 12.1 Å². The first-order valence-electron chi connectivity index (χ1n) is 16.0. The van der Waals surface area contributed by atoms with Crippen LogP contribution in [-0.2, 0) is 0 Å². The van der Waals surface area contributed by atoms with Crippen LogP contribution < -0.4 is 15.5 Å². The molecule has 7 heteroatoms. The summed E-state index contributed by atoms with van der Waals surface area (Å²) in [5.41, 5.74) is 12.8. The van der Waals surface area contributed by atoms with E-state index in [0.717, 1.165) is 64.0 Å². The minimum absolute atomic E-state index is 0.222. The van der Waals surface area contributed by atoms with Gasteiger partial charge in [0.05, 0.1) is 12.1 Å². The minimum atomic E-state index is 0.222. The van der Waals surface area contributed by atoms with Crippen molar-refractivity contribution in [2.75, 3.05) is 67.9 Å². The largest absolute Gasteiger partial charge is 0.393 e. The number of hydrogen-bond acceptors (Lipinski definition) is 7. The average Bonchev–Trinajstić information content (AvgIpc) is 3.11. The number of anilines is 3. The number of nitrogens with two attached hydrogens (primary N) is 1. The van der Waals surface area contributed by atoms with E-state index in [9.17, 15) is 0 Å². The fraction of sp³-hybridized carbons (Fsp3) is 0.263. The zero-order valence-corrected chi connectivity index (χ0v) is 25.7. The normalized spacial score (nSPS) is 16.4. The summed E-state index contributed by atoms with van der Waals surface area (Å²) >= 11 is 0. The lowest BCUT2D eigenvalue weighted by atomic mass is 9.96. The molecule has 45 heavy (non-hydrogen) atoms. The van der Waals surface area contributed by atoms with Gasteiger partial charge in [-0.15, -0.1) is 0 Å². The highest BCUT2D eigenvalue weighted by Crippen LogP contribution is 2.35. The van der Waals surface area contributed by atoms with Gasteiger partial charge >= 0.3 is 0 Å². The third kappa shape index (κ3) is 6.27. The van der Waals surface area contributed by atoms with Crippen molar-refractivity contribution in [1.82, 2.24) is 19.8 Å². The zero-order chi connectivity index (χ0) is 30.4. The number of nitrogen functional groups attached to an aromatic ring is 1. The lowest BCUT2D eigenvalue weighted by Gasteiger charge is -2.42. The molecule has 228 valence electrons. The maximum atomic E-state index is 6.86. The number of rotatable bonds is 8. The first kappa shape index (κ1) is 29.0. The minimum Gasteiger partial charge on any atom is -0.393 e. The Balaban J connectivity index is 1.04. The van der Waals surface area contributed by atoms with E-state index in [1.165, 1.54) is 22.3 Å². The van der Waals surface area contributed by atoms with E-state index in [1.54, 1.807) is 6.33 Å². The van der Waals surface area contributed by atoms with Crippen molar-refractivity contribution in [3.8, 4) is 0 Å². The molecule has 4 aromatic carbocycles. The molecule has 2 saturated heterocycles. The highest BCUT2D eigenvalue weighted by molar-refractivity contribution is 5.76. The Morgan fingerprint density at radius 1 is 0.422 bits per heavy atom. The van der Waals surface area contributed by atoms with E-state index < -0.39 is 0 Å². The Morgan fingerprint density at radius 3 is 1.00 bits per heavy atom.